The molecule has 0 bridgehead atoms. The quantitative estimate of drug-likeness (QED) is 0.590. The molecule has 0 aromatic heterocycles. The van der Waals surface area contributed by atoms with Gasteiger partial charge < -0.3 is 4.90 Å². The molecule has 1 amide bonds. The van der Waals surface area contributed by atoms with Crippen molar-refractivity contribution in [2.24, 2.45) is 0 Å². The summed E-state index contributed by atoms with van der Waals surface area (Å²) in [4.78, 5) is 17.1. The van der Waals surface area contributed by atoms with Gasteiger partial charge in [-0.2, -0.15) is 8.61 Å². The molecule has 1 aromatic rings. The fraction of sp³-hybridized carbons (Fsp3) is 0.667. The Morgan fingerprint density at radius 3 is 2.22 bits per heavy atom. The van der Waals surface area contributed by atoms with Crippen molar-refractivity contribution < 1.29 is 21.6 Å². The van der Waals surface area contributed by atoms with E-state index in [0.29, 0.717) is 50.7 Å². The first-order valence-corrected chi connectivity index (χ1v) is 14.4. The van der Waals surface area contributed by atoms with E-state index in [2.05, 4.69) is 0 Å². The highest BCUT2D eigenvalue weighted by molar-refractivity contribution is 7.89. The molecule has 3 heterocycles. The van der Waals surface area contributed by atoms with Crippen molar-refractivity contribution in [2.45, 2.75) is 37.5 Å². The van der Waals surface area contributed by atoms with E-state index in [1.807, 2.05) is 4.90 Å². The number of aryl methyl sites for hydroxylation is 1. The van der Waals surface area contributed by atoms with Crippen molar-refractivity contribution in [1.29, 1.82) is 0 Å². The van der Waals surface area contributed by atoms with Crippen LogP contribution in [0.5, 0.6) is 0 Å². The average Bonchev–Trinajstić information content (AvgIpc) is 3.34. The number of amides is 1. The van der Waals surface area contributed by atoms with Crippen molar-refractivity contribution in [3.63, 3.8) is 0 Å². The van der Waals surface area contributed by atoms with Crippen molar-refractivity contribution >= 4 is 31.6 Å². The van der Waals surface area contributed by atoms with Crippen LogP contribution < -0.4 is 4.90 Å². The van der Waals surface area contributed by atoms with Crippen molar-refractivity contribution in [3.8, 4) is 0 Å². The Morgan fingerprint density at radius 1 is 0.875 bits per heavy atom. The van der Waals surface area contributed by atoms with Gasteiger partial charge in [0.05, 0.1) is 17.2 Å². The Balaban J connectivity index is 1.43. The van der Waals surface area contributed by atoms with Crippen LogP contribution in [0.4, 0.5) is 5.69 Å². The standard InChI is InChI=1S/C21H32N4O5S2/c1-2-31(27,28)23-14-12-22(13-15-23)17-21(26)25-11-5-6-18-16-19(7-8-20(18)25)32(29,30)24-9-3-4-10-24/h7-8,16H,2-6,9-15,17H2,1H3. The van der Waals surface area contributed by atoms with Crippen LogP contribution in [0.2, 0.25) is 0 Å². The predicted molar refractivity (Wildman–Crippen MR) is 123 cm³/mol. The van der Waals surface area contributed by atoms with Gasteiger partial charge in [-0.05, 0) is 56.4 Å². The molecule has 11 heteroatoms. The van der Waals surface area contributed by atoms with Gasteiger partial charge in [-0.25, -0.2) is 16.8 Å². The number of sulfonamides is 2. The molecule has 0 saturated carbocycles. The fourth-order valence-electron chi connectivity index (χ4n) is 4.70. The number of piperazine rings is 1. The molecule has 32 heavy (non-hydrogen) atoms. The third-order valence-electron chi connectivity index (χ3n) is 6.62. The van der Waals surface area contributed by atoms with Gasteiger partial charge in [0.15, 0.2) is 0 Å². The lowest BCUT2D eigenvalue weighted by atomic mass is 10.0. The topological polar surface area (TPSA) is 98.3 Å². The van der Waals surface area contributed by atoms with E-state index in [9.17, 15) is 21.6 Å². The van der Waals surface area contributed by atoms with Crippen molar-refractivity contribution in [2.75, 3.05) is 63.0 Å². The van der Waals surface area contributed by atoms with Gasteiger partial charge in [0.1, 0.15) is 0 Å². The van der Waals surface area contributed by atoms with Crippen LogP contribution in [0.3, 0.4) is 0 Å². The third-order valence-corrected chi connectivity index (χ3v) is 10.4. The summed E-state index contributed by atoms with van der Waals surface area (Å²) in [6.07, 6.45) is 3.32. The number of anilines is 1. The van der Waals surface area contributed by atoms with Gasteiger partial charge in [0, 0.05) is 51.5 Å². The SMILES string of the molecule is CCS(=O)(=O)N1CCN(CC(=O)N2CCCc3cc(S(=O)(=O)N4CCCC4)ccc32)CC1. The number of hydrogen-bond donors (Lipinski definition) is 0. The Labute approximate surface area is 191 Å². The Morgan fingerprint density at radius 2 is 1.56 bits per heavy atom. The van der Waals surface area contributed by atoms with Crippen molar-refractivity contribution in [1.82, 2.24) is 13.5 Å². The molecule has 0 unspecified atom stereocenters. The Kier molecular flexibility index (Phi) is 6.92. The van der Waals surface area contributed by atoms with E-state index in [0.717, 1.165) is 36.9 Å². The van der Waals surface area contributed by atoms with Crippen LogP contribution in [0.15, 0.2) is 23.1 Å². The summed E-state index contributed by atoms with van der Waals surface area (Å²) in [5.41, 5.74) is 1.68. The summed E-state index contributed by atoms with van der Waals surface area (Å²) in [5.74, 6) is 0.0549. The molecule has 1 aromatic carbocycles. The molecule has 9 nitrogen and oxygen atoms in total. The van der Waals surface area contributed by atoms with Gasteiger partial charge in [0.25, 0.3) is 0 Å². The molecule has 3 aliphatic heterocycles. The first-order chi connectivity index (χ1) is 15.2. The molecule has 2 saturated heterocycles. The van der Waals surface area contributed by atoms with Gasteiger partial charge in [0.2, 0.25) is 26.0 Å². The van der Waals surface area contributed by atoms with Gasteiger partial charge >= 0.3 is 0 Å². The first-order valence-electron chi connectivity index (χ1n) is 11.4. The zero-order chi connectivity index (χ0) is 22.9. The van der Waals surface area contributed by atoms with Crippen LogP contribution in [0.25, 0.3) is 0 Å². The second kappa shape index (κ2) is 9.38. The molecule has 0 radical (unpaired) electrons. The minimum atomic E-state index is -3.48. The van der Waals surface area contributed by atoms with Crippen LogP contribution in [0.1, 0.15) is 31.7 Å². The average molecular weight is 485 g/mol. The number of carbonyl (C=O) groups excluding carboxylic acids is 1. The van der Waals surface area contributed by atoms with E-state index >= 15 is 0 Å². The minimum Gasteiger partial charge on any atom is -0.311 e. The highest BCUT2D eigenvalue weighted by Crippen LogP contribution is 2.31. The van der Waals surface area contributed by atoms with Gasteiger partial charge in [-0.1, -0.05) is 0 Å². The monoisotopic (exact) mass is 484 g/mol. The summed E-state index contributed by atoms with van der Waals surface area (Å²) in [5, 5.41) is 0. The van der Waals surface area contributed by atoms with Crippen LogP contribution >= 0.6 is 0 Å². The summed E-state index contributed by atoms with van der Waals surface area (Å²) in [6.45, 7) is 5.46. The number of rotatable bonds is 6. The number of benzene rings is 1. The molecule has 0 atom stereocenters. The van der Waals surface area contributed by atoms with E-state index in [4.69, 9.17) is 0 Å². The zero-order valence-electron chi connectivity index (χ0n) is 18.6. The van der Waals surface area contributed by atoms with Gasteiger partial charge in [-0.15, -0.1) is 0 Å². The lowest BCUT2D eigenvalue weighted by Crippen LogP contribution is -2.52. The highest BCUT2D eigenvalue weighted by Gasteiger charge is 2.31. The number of nitrogens with zero attached hydrogens (tertiary/aromatic N) is 4. The van der Waals surface area contributed by atoms with E-state index < -0.39 is 20.0 Å². The van der Waals surface area contributed by atoms with Gasteiger partial charge in [-0.3, -0.25) is 9.69 Å². The molecule has 3 aliphatic rings. The fourth-order valence-corrected chi connectivity index (χ4v) is 7.35. The van der Waals surface area contributed by atoms with Crippen molar-refractivity contribution in [3.05, 3.63) is 23.8 Å². The lowest BCUT2D eigenvalue weighted by molar-refractivity contribution is -0.120. The van der Waals surface area contributed by atoms with E-state index in [1.165, 1.54) is 4.31 Å². The molecule has 0 N–H and O–H groups in total. The Hall–Kier alpha value is -1.53. The second-order valence-corrected chi connectivity index (χ2v) is 12.8. The van der Waals surface area contributed by atoms with Crippen LogP contribution in [-0.4, -0.2) is 94.4 Å². The summed E-state index contributed by atoms with van der Waals surface area (Å²) >= 11 is 0. The first kappa shape index (κ1) is 23.6. The summed E-state index contributed by atoms with van der Waals surface area (Å²) in [7, 11) is -6.68. The zero-order valence-corrected chi connectivity index (χ0v) is 20.2. The van der Waals surface area contributed by atoms with E-state index in [1.54, 1.807) is 34.3 Å². The minimum absolute atomic E-state index is 0.0344. The molecule has 4 rings (SSSR count). The molecule has 0 spiro atoms. The molecular formula is C21H32N4O5S2. The predicted octanol–water partition coefficient (Wildman–Crippen LogP) is 0.718. The molecule has 0 aliphatic carbocycles. The Bertz CT molecular complexity index is 1060. The highest BCUT2D eigenvalue weighted by atomic mass is 32.2. The maximum atomic E-state index is 13.1. The van der Waals surface area contributed by atoms with Crippen LogP contribution in [-0.2, 0) is 31.3 Å². The summed E-state index contributed by atoms with van der Waals surface area (Å²) < 4.78 is 52.9. The maximum absolute atomic E-state index is 13.1. The number of carbonyl (C=O) groups is 1. The normalized spacial score (nSPS) is 21.6. The second-order valence-electron chi connectivity index (χ2n) is 8.63. The third kappa shape index (κ3) is 4.72. The van der Waals surface area contributed by atoms with E-state index in [-0.39, 0.29) is 18.2 Å². The summed E-state index contributed by atoms with van der Waals surface area (Å²) in [6, 6.07) is 5.12. The smallest absolute Gasteiger partial charge is 0.243 e. The number of hydrogen-bond acceptors (Lipinski definition) is 6. The van der Waals surface area contributed by atoms with Crippen LogP contribution in [0, 0.1) is 0 Å². The molecular weight excluding hydrogens is 452 g/mol. The molecule has 2 fully saturated rings. The largest absolute Gasteiger partial charge is 0.311 e. The lowest BCUT2D eigenvalue weighted by Gasteiger charge is -2.36. The number of fused-ring (bicyclic) bond motifs is 1. The maximum Gasteiger partial charge on any atom is 0.243 e. The molecule has 178 valence electrons.